The molecule has 1 rings (SSSR count). The van der Waals surface area contributed by atoms with Gasteiger partial charge in [0.05, 0.1) is 0 Å². The van der Waals surface area contributed by atoms with Gasteiger partial charge in [0, 0.05) is 18.5 Å². The Bertz CT molecular complexity index is 200. The first-order chi connectivity index (χ1) is 6.83. The predicted molar refractivity (Wildman–Crippen MR) is 62.8 cm³/mol. The van der Waals surface area contributed by atoms with Gasteiger partial charge in [-0.3, -0.25) is 4.99 Å². The molecule has 0 aromatic rings. The van der Waals surface area contributed by atoms with E-state index < -0.39 is 0 Å². The van der Waals surface area contributed by atoms with Crippen LogP contribution in [0.4, 0.5) is 0 Å². The number of hydrogen-bond donors (Lipinski definition) is 0. The topological polar surface area (TPSA) is 15.6 Å². The third kappa shape index (κ3) is 4.56. The number of likely N-dealkylation sites (tertiary alicyclic amines) is 1. The lowest BCUT2D eigenvalue weighted by molar-refractivity contribution is 0.235. The van der Waals surface area contributed by atoms with Crippen LogP contribution in [-0.4, -0.2) is 30.2 Å². The molecule has 0 aromatic carbocycles. The van der Waals surface area contributed by atoms with Crippen molar-refractivity contribution >= 4 is 5.71 Å². The Hall–Kier alpha value is -0.630. The molecule has 1 heterocycles. The van der Waals surface area contributed by atoms with Crippen LogP contribution in [0, 0.1) is 0 Å². The summed E-state index contributed by atoms with van der Waals surface area (Å²) in [5, 5.41) is 0. The molecule has 0 radical (unpaired) electrons. The molecule has 0 aromatic heterocycles. The quantitative estimate of drug-likeness (QED) is 0.628. The van der Waals surface area contributed by atoms with Crippen LogP contribution < -0.4 is 0 Å². The van der Waals surface area contributed by atoms with E-state index in [1.807, 2.05) is 19.2 Å². The summed E-state index contributed by atoms with van der Waals surface area (Å²) in [7, 11) is 0. The molecule has 14 heavy (non-hydrogen) atoms. The summed E-state index contributed by atoms with van der Waals surface area (Å²) < 4.78 is 0. The number of allylic oxidation sites excluding steroid dienone is 1. The summed E-state index contributed by atoms with van der Waals surface area (Å²) in [6.07, 6.45) is 9.15. The van der Waals surface area contributed by atoms with Gasteiger partial charge in [-0.2, -0.15) is 0 Å². The Morgan fingerprint density at radius 3 is 2.64 bits per heavy atom. The molecule has 2 heteroatoms. The van der Waals surface area contributed by atoms with Gasteiger partial charge in [0.15, 0.2) is 0 Å². The minimum atomic E-state index is 1.12. The van der Waals surface area contributed by atoms with E-state index in [-0.39, 0.29) is 0 Å². The van der Waals surface area contributed by atoms with E-state index in [4.69, 9.17) is 0 Å². The van der Waals surface area contributed by atoms with Crippen LogP contribution >= 0.6 is 0 Å². The summed E-state index contributed by atoms with van der Waals surface area (Å²) in [6.45, 7) is 7.88. The van der Waals surface area contributed by atoms with Gasteiger partial charge in [0.1, 0.15) is 0 Å². The highest BCUT2D eigenvalue weighted by atomic mass is 15.1. The average molecular weight is 194 g/mol. The van der Waals surface area contributed by atoms with Gasteiger partial charge in [-0.05, 0) is 46.2 Å². The van der Waals surface area contributed by atoms with E-state index in [9.17, 15) is 0 Å². The molecular formula is C12H22N2. The first-order valence-electron chi connectivity index (χ1n) is 5.69. The second-order valence-electron chi connectivity index (χ2n) is 4.00. The monoisotopic (exact) mass is 194 g/mol. The van der Waals surface area contributed by atoms with E-state index in [0.717, 1.165) is 6.42 Å². The minimum Gasteiger partial charge on any atom is -0.303 e. The minimum absolute atomic E-state index is 1.12. The standard InChI is InChI=1S/C12H22N2/c1-3-8-13-12(2)7-11-14-9-5-4-6-10-14/h3,8H,4-7,9-11H2,1-2H3/b8-3-,13-12+. The van der Waals surface area contributed by atoms with Crippen LogP contribution in [0.15, 0.2) is 17.3 Å². The van der Waals surface area contributed by atoms with Crippen molar-refractivity contribution in [2.45, 2.75) is 39.5 Å². The van der Waals surface area contributed by atoms with Crippen molar-refractivity contribution in [3.8, 4) is 0 Å². The van der Waals surface area contributed by atoms with Crippen molar-refractivity contribution in [1.82, 2.24) is 4.90 Å². The molecular weight excluding hydrogens is 172 g/mol. The summed E-state index contributed by atoms with van der Waals surface area (Å²) in [6, 6.07) is 0. The van der Waals surface area contributed by atoms with Crippen LogP contribution in [0.5, 0.6) is 0 Å². The zero-order valence-corrected chi connectivity index (χ0v) is 9.50. The fraction of sp³-hybridized carbons (Fsp3) is 0.750. The molecule has 1 saturated heterocycles. The molecule has 0 spiro atoms. The van der Waals surface area contributed by atoms with Crippen molar-refractivity contribution in [3.05, 3.63) is 12.3 Å². The number of piperidine rings is 1. The van der Waals surface area contributed by atoms with Crippen molar-refractivity contribution in [2.75, 3.05) is 19.6 Å². The third-order valence-electron chi connectivity index (χ3n) is 2.68. The molecule has 0 amide bonds. The summed E-state index contributed by atoms with van der Waals surface area (Å²) in [5.41, 5.74) is 1.24. The first-order valence-corrected chi connectivity index (χ1v) is 5.69. The van der Waals surface area contributed by atoms with Crippen LogP contribution in [-0.2, 0) is 0 Å². The van der Waals surface area contributed by atoms with Gasteiger partial charge in [0.25, 0.3) is 0 Å². The Labute approximate surface area is 87.7 Å². The Kier molecular flexibility index (Phi) is 5.53. The van der Waals surface area contributed by atoms with Gasteiger partial charge in [-0.25, -0.2) is 0 Å². The van der Waals surface area contributed by atoms with E-state index in [1.165, 1.54) is 44.6 Å². The highest BCUT2D eigenvalue weighted by Crippen LogP contribution is 2.08. The molecule has 0 saturated carbocycles. The molecule has 2 nitrogen and oxygen atoms in total. The molecule has 1 fully saturated rings. The normalized spacial score (nSPS) is 20.6. The SMILES string of the molecule is C/C=C\N=C(/C)CCN1CCCCC1. The maximum atomic E-state index is 4.34. The highest BCUT2D eigenvalue weighted by molar-refractivity contribution is 5.82. The van der Waals surface area contributed by atoms with Gasteiger partial charge in [0.2, 0.25) is 0 Å². The number of aliphatic imine (C=N–C) groups is 1. The van der Waals surface area contributed by atoms with Gasteiger partial charge in [-0.1, -0.05) is 12.5 Å². The van der Waals surface area contributed by atoms with Crippen LogP contribution in [0.1, 0.15) is 39.5 Å². The third-order valence-corrected chi connectivity index (χ3v) is 2.68. The van der Waals surface area contributed by atoms with E-state index in [2.05, 4.69) is 16.8 Å². The molecule has 1 aliphatic heterocycles. The summed E-state index contributed by atoms with van der Waals surface area (Å²) in [5.74, 6) is 0. The molecule has 0 atom stereocenters. The maximum absolute atomic E-state index is 4.34. The Morgan fingerprint density at radius 1 is 1.29 bits per heavy atom. The fourth-order valence-corrected chi connectivity index (χ4v) is 1.77. The number of rotatable bonds is 4. The van der Waals surface area contributed by atoms with Gasteiger partial charge in [-0.15, -0.1) is 0 Å². The lowest BCUT2D eigenvalue weighted by atomic mass is 10.1. The van der Waals surface area contributed by atoms with Gasteiger partial charge < -0.3 is 4.90 Å². The van der Waals surface area contributed by atoms with Crippen LogP contribution in [0.25, 0.3) is 0 Å². The molecule has 80 valence electrons. The molecule has 0 aliphatic carbocycles. The van der Waals surface area contributed by atoms with Gasteiger partial charge >= 0.3 is 0 Å². The second kappa shape index (κ2) is 6.77. The number of hydrogen-bond acceptors (Lipinski definition) is 2. The fourth-order valence-electron chi connectivity index (χ4n) is 1.77. The van der Waals surface area contributed by atoms with Crippen molar-refractivity contribution in [2.24, 2.45) is 4.99 Å². The second-order valence-corrected chi connectivity index (χ2v) is 4.00. The van der Waals surface area contributed by atoms with Crippen molar-refractivity contribution in [1.29, 1.82) is 0 Å². The lowest BCUT2D eigenvalue weighted by Crippen LogP contribution is -2.31. The molecule has 0 unspecified atom stereocenters. The molecule has 1 aliphatic rings. The summed E-state index contributed by atoms with van der Waals surface area (Å²) >= 11 is 0. The van der Waals surface area contributed by atoms with Crippen LogP contribution in [0.2, 0.25) is 0 Å². The smallest absolute Gasteiger partial charge is 0.0224 e. The van der Waals surface area contributed by atoms with E-state index >= 15 is 0 Å². The van der Waals surface area contributed by atoms with Crippen molar-refractivity contribution in [3.63, 3.8) is 0 Å². The number of nitrogens with zero attached hydrogens (tertiary/aromatic N) is 2. The predicted octanol–water partition coefficient (Wildman–Crippen LogP) is 2.86. The van der Waals surface area contributed by atoms with E-state index in [1.54, 1.807) is 0 Å². The average Bonchev–Trinajstić information content (AvgIpc) is 2.25. The highest BCUT2D eigenvalue weighted by Gasteiger charge is 2.09. The molecule has 0 N–H and O–H groups in total. The Morgan fingerprint density at radius 2 is 2.00 bits per heavy atom. The van der Waals surface area contributed by atoms with E-state index in [0.29, 0.717) is 0 Å². The zero-order valence-electron chi connectivity index (χ0n) is 9.50. The first kappa shape index (κ1) is 11.4. The summed E-state index contributed by atoms with van der Waals surface area (Å²) in [4.78, 5) is 6.89. The van der Waals surface area contributed by atoms with Crippen molar-refractivity contribution < 1.29 is 0 Å². The van der Waals surface area contributed by atoms with Crippen LogP contribution in [0.3, 0.4) is 0 Å². The Balaban J connectivity index is 2.18. The maximum Gasteiger partial charge on any atom is 0.0224 e. The largest absolute Gasteiger partial charge is 0.303 e. The zero-order chi connectivity index (χ0) is 10.2. The molecule has 0 bridgehead atoms. The lowest BCUT2D eigenvalue weighted by Gasteiger charge is -2.26.